The van der Waals surface area contributed by atoms with E-state index in [0.717, 1.165) is 11.3 Å². The number of hydrogen-bond acceptors (Lipinski definition) is 5. The first-order valence-corrected chi connectivity index (χ1v) is 8.04. The molecule has 3 rings (SSSR count). The average molecular weight is 358 g/mol. The molecule has 0 saturated carbocycles. The number of amides is 1. The van der Waals surface area contributed by atoms with E-state index in [4.69, 9.17) is 20.8 Å². The van der Waals surface area contributed by atoms with Crippen LogP contribution in [0.1, 0.15) is 16.2 Å². The maximum atomic E-state index is 12.1. The Morgan fingerprint density at radius 2 is 2.00 bits per heavy atom. The number of ether oxygens (including phenoxy) is 1. The van der Waals surface area contributed by atoms with Crippen molar-refractivity contribution in [3.8, 4) is 17.2 Å². The van der Waals surface area contributed by atoms with E-state index < -0.39 is 5.91 Å². The molecule has 1 amide bonds. The molecule has 0 aliphatic heterocycles. The van der Waals surface area contributed by atoms with Gasteiger partial charge in [-0.15, -0.1) is 10.2 Å². The fourth-order valence-corrected chi connectivity index (χ4v) is 2.47. The Labute approximate surface area is 149 Å². The molecule has 7 heteroatoms. The third-order valence-electron chi connectivity index (χ3n) is 3.54. The van der Waals surface area contributed by atoms with Gasteiger partial charge in [0.25, 0.3) is 0 Å². The van der Waals surface area contributed by atoms with Crippen LogP contribution < -0.4 is 10.1 Å². The van der Waals surface area contributed by atoms with E-state index in [0.29, 0.717) is 23.6 Å². The van der Waals surface area contributed by atoms with Crippen molar-refractivity contribution < 1.29 is 13.9 Å². The second-order valence-corrected chi connectivity index (χ2v) is 5.71. The highest BCUT2D eigenvalue weighted by molar-refractivity contribution is 6.30. The van der Waals surface area contributed by atoms with Crippen LogP contribution in [0.25, 0.3) is 11.5 Å². The van der Waals surface area contributed by atoms with Gasteiger partial charge in [-0.1, -0.05) is 23.7 Å². The van der Waals surface area contributed by atoms with Crippen LogP contribution in [0.3, 0.4) is 0 Å². The van der Waals surface area contributed by atoms with Crippen LogP contribution in [0.5, 0.6) is 5.75 Å². The summed E-state index contributed by atoms with van der Waals surface area (Å²) in [6, 6.07) is 14.6. The SMILES string of the molecule is COc1ccc(-c2nnc(C(=O)NCCc3cccc(Cl)c3)o2)cc1. The summed E-state index contributed by atoms with van der Waals surface area (Å²) in [5.74, 6) is 0.524. The summed E-state index contributed by atoms with van der Waals surface area (Å²) >= 11 is 5.93. The minimum absolute atomic E-state index is 0.0723. The van der Waals surface area contributed by atoms with Crippen LogP contribution in [0.2, 0.25) is 5.02 Å². The van der Waals surface area contributed by atoms with Crippen molar-refractivity contribution in [2.24, 2.45) is 0 Å². The van der Waals surface area contributed by atoms with E-state index in [2.05, 4.69) is 15.5 Å². The lowest BCUT2D eigenvalue weighted by atomic mass is 10.1. The number of benzene rings is 2. The Hall–Kier alpha value is -2.86. The molecule has 1 N–H and O–H groups in total. The summed E-state index contributed by atoms with van der Waals surface area (Å²) in [6.07, 6.45) is 0.659. The third kappa shape index (κ3) is 4.36. The predicted octanol–water partition coefficient (Wildman–Crippen LogP) is 3.37. The molecular formula is C18H16ClN3O3. The molecule has 0 saturated heterocycles. The van der Waals surface area contributed by atoms with Crippen LogP contribution in [0, 0.1) is 0 Å². The lowest BCUT2D eigenvalue weighted by molar-refractivity contribution is 0.0920. The monoisotopic (exact) mass is 357 g/mol. The van der Waals surface area contributed by atoms with Crippen LogP contribution >= 0.6 is 11.6 Å². The standard InChI is InChI=1S/C18H16ClN3O3/c1-24-15-7-5-13(6-8-15)17-21-22-18(25-17)16(23)20-10-9-12-3-2-4-14(19)11-12/h2-8,11H,9-10H2,1H3,(H,20,23). The second-order valence-electron chi connectivity index (χ2n) is 5.28. The fourth-order valence-electron chi connectivity index (χ4n) is 2.25. The molecule has 25 heavy (non-hydrogen) atoms. The summed E-state index contributed by atoms with van der Waals surface area (Å²) in [6.45, 7) is 0.444. The molecule has 0 aliphatic carbocycles. The predicted molar refractivity (Wildman–Crippen MR) is 93.8 cm³/mol. The number of hydrogen-bond donors (Lipinski definition) is 1. The zero-order valence-electron chi connectivity index (χ0n) is 13.5. The van der Waals surface area contributed by atoms with Gasteiger partial charge in [-0.2, -0.15) is 0 Å². The number of aromatic nitrogens is 2. The fraction of sp³-hybridized carbons (Fsp3) is 0.167. The maximum absolute atomic E-state index is 12.1. The van der Waals surface area contributed by atoms with Crippen LogP contribution in [0.4, 0.5) is 0 Å². The second kappa shape index (κ2) is 7.81. The summed E-state index contributed by atoms with van der Waals surface area (Å²) in [7, 11) is 1.59. The number of nitrogens with zero attached hydrogens (tertiary/aromatic N) is 2. The van der Waals surface area contributed by atoms with Crippen molar-refractivity contribution in [3.63, 3.8) is 0 Å². The Kier molecular flexibility index (Phi) is 5.30. The average Bonchev–Trinajstić information content (AvgIpc) is 3.12. The first-order valence-electron chi connectivity index (χ1n) is 7.66. The number of nitrogens with one attached hydrogen (secondary N) is 1. The summed E-state index contributed by atoms with van der Waals surface area (Å²) < 4.78 is 10.5. The first-order chi connectivity index (χ1) is 12.2. The number of carbonyl (C=O) groups excluding carboxylic acids is 1. The molecule has 3 aromatic rings. The summed E-state index contributed by atoms with van der Waals surface area (Å²) in [5, 5.41) is 11.1. The van der Waals surface area contributed by atoms with Gasteiger partial charge in [0.2, 0.25) is 5.89 Å². The van der Waals surface area contributed by atoms with Crippen molar-refractivity contribution in [2.45, 2.75) is 6.42 Å². The van der Waals surface area contributed by atoms with E-state index in [-0.39, 0.29) is 11.8 Å². The molecule has 0 bridgehead atoms. The van der Waals surface area contributed by atoms with Gasteiger partial charge in [-0.3, -0.25) is 4.79 Å². The minimum atomic E-state index is -0.408. The quantitative estimate of drug-likeness (QED) is 0.731. The highest BCUT2D eigenvalue weighted by atomic mass is 35.5. The molecule has 0 spiro atoms. The van der Waals surface area contributed by atoms with Crippen molar-refractivity contribution in [2.75, 3.05) is 13.7 Å². The molecule has 0 aliphatic rings. The zero-order chi connectivity index (χ0) is 17.6. The molecule has 0 fully saturated rings. The lowest BCUT2D eigenvalue weighted by Crippen LogP contribution is -2.26. The Morgan fingerprint density at radius 1 is 1.20 bits per heavy atom. The molecule has 0 unspecified atom stereocenters. The molecule has 1 heterocycles. The molecule has 128 valence electrons. The minimum Gasteiger partial charge on any atom is -0.497 e. The Bertz CT molecular complexity index is 862. The van der Waals surface area contributed by atoms with E-state index >= 15 is 0 Å². The largest absolute Gasteiger partial charge is 0.497 e. The first kappa shape index (κ1) is 17.0. The van der Waals surface area contributed by atoms with Gasteiger partial charge in [0.05, 0.1) is 7.11 Å². The molecule has 6 nitrogen and oxygen atoms in total. The van der Waals surface area contributed by atoms with Gasteiger partial charge >= 0.3 is 11.8 Å². The Balaban J connectivity index is 1.58. The number of halogens is 1. The van der Waals surface area contributed by atoms with Crippen molar-refractivity contribution in [1.82, 2.24) is 15.5 Å². The number of rotatable bonds is 6. The van der Waals surface area contributed by atoms with Gasteiger partial charge in [0.15, 0.2) is 0 Å². The normalized spacial score (nSPS) is 10.5. The molecular weight excluding hydrogens is 342 g/mol. The third-order valence-corrected chi connectivity index (χ3v) is 3.78. The molecule has 0 atom stereocenters. The number of methoxy groups -OCH3 is 1. The maximum Gasteiger partial charge on any atom is 0.308 e. The highest BCUT2D eigenvalue weighted by Crippen LogP contribution is 2.21. The van der Waals surface area contributed by atoms with Crippen LogP contribution in [-0.4, -0.2) is 29.8 Å². The Morgan fingerprint density at radius 3 is 2.72 bits per heavy atom. The van der Waals surface area contributed by atoms with E-state index in [1.807, 2.05) is 24.3 Å². The van der Waals surface area contributed by atoms with Gasteiger partial charge < -0.3 is 14.5 Å². The van der Waals surface area contributed by atoms with Gasteiger partial charge in [0.1, 0.15) is 5.75 Å². The van der Waals surface area contributed by atoms with E-state index in [1.165, 1.54) is 0 Å². The summed E-state index contributed by atoms with van der Waals surface area (Å²) in [5.41, 5.74) is 1.75. The highest BCUT2D eigenvalue weighted by Gasteiger charge is 2.15. The van der Waals surface area contributed by atoms with Crippen LogP contribution in [-0.2, 0) is 6.42 Å². The topological polar surface area (TPSA) is 77.2 Å². The number of carbonyl (C=O) groups is 1. The van der Waals surface area contributed by atoms with Crippen molar-refractivity contribution >= 4 is 17.5 Å². The molecule has 2 aromatic carbocycles. The van der Waals surface area contributed by atoms with Crippen LogP contribution in [0.15, 0.2) is 52.9 Å². The van der Waals surface area contributed by atoms with E-state index in [1.54, 1.807) is 31.4 Å². The smallest absolute Gasteiger partial charge is 0.308 e. The van der Waals surface area contributed by atoms with Gasteiger partial charge in [-0.05, 0) is 48.4 Å². The lowest BCUT2D eigenvalue weighted by Gasteiger charge is -2.03. The van der Waals surface area contributed by atoms with Crippen molar-refractivity contribution in [1.29, 1.82) is 0 Å². The van der Waals surface area contributed by atoms with Gasteiger partial charge in [0, 0.05) is 17.1 Å². The van der Waals surface area contributed by atoms with Crippen molar-refractivity contribution in [3.05, 3.63) is 65.0 Å². The zero-order valence-corrected chi connectivity index (χ0v) is 14.3. The van der Waals surface area contributed by atoms with E-state index in [9.17, 15) is 4.79 Å². The molecule has 1 aromatic heterocycles. The summed E-state index contributed by atoms with van der Waals surface area (Å²) in [4.78, 5) is 12.1. The molecule has 0 radical (unpaired) electrons. The van der Waals surface area contributed by atoms with Gasteiger partial charge in [-0.25, -0.2) is 0 Å².